The van der Waals surface area contributed by atoms with Crippen LogP contribution in [0.3, 0.4) is 0 Å². The third-order valence-corrected chi connectivity index (χ3v) is 6.90. The molecule has 1 fully saturated rings. The topological polar surface area (TPSA) is 17.1 Å². The van der Waals surface area contributed by atoms with E-state index < -0.39 is 7.14 Å². The van der Waals surface area contributed by atoms with Crippen LogP contribution in [0, 0.1) is 0 Å². The van der Waals surface area contributed by atoms with Gasteiger partial charge in [-0.2, -0.15) is 0 Å². The molecule has 88 valence electrons. The molecule has 0 bridgehead atoms. The molecule has 16 heavy (non-hydrogen) atoms. The molecular formula is C14H21OP. The zero-order chi connectivity index (χ0) is 11.6. The summed E-state index contributed by atoms with van der Waals surface area (Å²) in [6.45, 7) is 4.38. The van der Waals surface area contributed by atoms with Crippen LogP contribution in [0.15, 0.2) is 24.3 Å². The lowest BCUT2D eigenvalue weighted by molar-refractivity contribution is 0.566. The summed E-state index contributed by atoms with van der Waals surface area (Å²) in [5.74, 6) is 0.476. The van der Waals surface area contributed by atoms with Gasteiger partial charge in [0.2, 0.25) is 0 Å². The van der Waals surface area contributed by atoms with Gasteiger partial charge < -0.3 is 4.57 Å². The molecule has 1 saturated heterocycles. The van der Waals surface area contributed by atoms with Crippen molar-refractivity contribution in [1.29, 1.82) is 0 Å². The second-order valence-corrected chi connectivity index (χ2v) is 8.27. The van der Waals surface area contributed by atoms with Crippen LogP contribution < -0.4 is 5.30 Å². The van der Waals surface area contributed by atoms with Crippen molar-refractivity contribution in [2.75, 3.05) is 12.3 Å². The van der Waals surface area contributed by atoms with Gasteiger partial charge in [-0.05, 0) is 24.3 Å². The Bertz CT molecular complexity index is 399. The lowest BCUT2D eigenvalue weighted by Crippen LogP contribution is -2.19. The Balaban J connectivity index is 2.42. The highest BCUT2D eigenvalue weighted by Crippen LogP contribution is 2.50. The summed E-state index contributed by atoms with van der Waals surface area (Å²) < 4.78 is 13.0. The largest absolute Gasteiger partial charge is 0.319 e. The number of hydrogen-bond acceptors (Lipinski definition) is 1. The maximum Gasteiger partial charge on any atom is 0.115 e. The molecule has 0 unspecified atom stereocenters. The average Bonchev–Trinajstić information content (AvgIpc) is 2.30. The van der Waals surface area contributed by atoms with Gasteiger partial charge in [-0.1, -0.05) is 44.5 Å². The summed E-state index contributed by atoms with van der Waals surface area (Å²) in [4.78, 5) is 0. The Morgan fingerprint density at radius 3 is 2.31 bits per heavy atom. The minimum atomic E-state index is -2.06. The molecule has 1 aromatic rings. The van der Waals surface area contributed by atoms with E-state index >= 15 is 0 Å². The van der Waals surface area contributed by atoms with Gasteiger partial charge >= 0.3 is 0 Å². The fourth-order valence-electron chi connectivity index (χ4n) is 2.61. The van der Waals surface area contributed by atoms with E-state index in [9.17, 15) is 4.57 Å². The van der Waals surface area contributed by atoms with Crippen molar-refractivity contribution in [3.63, 3.8) is 0 Å². The van der Waals surface area contributed by atoms with Crippen molar-refractivity contribution >= 4 is 12.4 Å². The minimum Gasteiger partial charge on any atom is -0.319 e. The van der Waals surface area contributed by atoms with E-state index in [0.717, 1.165) is 25.2 Å². The first-order valence-electron chi connectivity index (χ1n) is 6.31. The van der Waals surface area contributed by atoms with Crippen molar-refractivity contribution < 1.29 is 4.57 Å². The Hall–Kier alpha value is -0.550. The predicted octanol–water partition coefficient (Wildman–Crippen LogP) is 3.98. The van der Waals surface area contributed by atoms with E-state index in [1.165, 1.54) is 17.3 Å². The lowest BCUT2D eigenvalue weighted by atomic mass is 10.0. The first-order chi connectivity index (χ1) is 7.63. The molecule has 1 aliphatic rings. The van der Waals surface area contributed by atoms with Gasteiger partial charge in [0.25, 0.3) is 0 Å². The maximum atomic E-state index is 13.0. The Morgan fingerprint density at radius 2 is 1.69 bits per heavy atom. The molecule has 0 aliphatic carbocycles. The van der Waals surface area contributed by atoms with Crippen LogP contribution in [0.2, 0.25) is 0 Å². The summed E-state index contributed by atoms with van der Waals surface area (Å²) in [5.41, 5.74) is 1.30. The van der Waals surface area contributed by atoms with Crippen molar-refractivity contribution in [2.45, 2.75) is 39.0 Å². The third kappa shape index (κ3) is 2.25. The minimum absolute atomic E-state index is 0.476. The van der Waals surface area contributed by atoms with Crippen LogP contribution in [-0.4, -0.2) is 12.3 Å². The van der Waals surface area contributed by atoms with Gasteiger partial charge in [0.1, 0.15) is 7.14 Å². The Labute approximate surface area is 98.6 Å². The van der Waals surface area contributed by atoms with E-state index in [1.807, 2.05) is 6.07 Å². The van der Waals surface area contributed by atoms with Crippen LogP contribution in [0.1, 0.15) is 44.6 Å². The molecule has 0 spiro atoms. The number of benzene rings is 1. The van der Waals surface area contributed by atoms with Gasteiger partial charge in [-0.15, -0.1) is 0 Å². The highest BCUT2D eigenvalue weighted by molar-refractivity contribution is 7.71. The number of hydrogen-bond donors (Lipinski definition) is 0. The van der Waals surface area contributed by atoms with Crippen LogP contribution in [0.5, 0.6) is 0 Å². The van der Waals surface area contributed by atoms with Crippen molar-refractivity contribution in [3.05, 3.63) is 29.8 Å². The standard InChI is InChI=1S/C14H21OP/c1-12(2)13-8-4-5-9-14(13)16(15)10-6-3-7-11-16/h4-5,8-9,12H,3,6-7,10-11H2,1-2H3. The van der Waals surface area contributed by atoms with E-state index in [0.29, 0.717) is 5.92 Å². The van der Waals surface area contributed by atoms with Gasteiger partial charge in [-0.3, -0.25) is 0 Å². The highest BCUT2D eigenvalue weighted by Gasteiger charge is 2.29. The quantitative estimate of drug-likeness (QED) is 0.710. The second kappa shape index (κ2) is 4.75. The van der Waals surface area contributed by atoms with Crippen LogP contribution in [0.4, 0.5) is 0 Å². The summed E-state index contributed by atoms with van der Waals surface area (Å²) >= 11 is 0. The first kappa shape index (κ1) is 11.9. The number of rotatable bonds is 2. The van der Waals surface area contributed by atoms with Gasteiger partial charge in [0, 0.05) is 17.6 Å². The molecule has 0 radical (unpaired) electrons. The molecule has 1 aliphatic heterocycles. The first-order valence-corrected chi connectivity index (χ1v) is 8.39. The molecule has 0 atom stereocenters. The molecule has 0 amide bonds. The molecular weight excluding hydrogens is 215 g/mol. The van der Waals surface area contributed by atoms with Crippen LogP contribution >= 0.6 is 7.14 Å². The molecule has 0 aromatic heterocycles. The summed E-state index contributed by atoms with van der Waals surface area (Å²) in [6.07, 6.45) is 5.40. The zero-order valence-corrected chi connectivity index (χ0v) is 11.2. The van der Waals surface area contributed by atoms with E-state index in [4.69, 9.17) is 0 Å². The normalized spacial score (nSPS) is 19.9. The summed E-state index contributed by atoms with van der Waals surface area (Å²) in [6, 6.07) is 8.35. The van der Waals surface area contributed by atoms with Gasteiger partial charge in [0.05, 0.1) is 0 Å². The van der Waals surface area contributed by atoms with E-state index in [2.05, 4.69) is 32.0 Å². The lowest BCUT2D eigenvalue weighted by Gasteiger charge is -2.26. The monoisotopic (exact) mass is 236 g/mol. The van der Waals surface area contributed by atoms with Crippen molar-refractivity contribution in [1.82, 2.24) is 0 Å². The molecule has 1 nitrogen and oxygen atoms in total. The average molecular weight is 236 g/mol. The SMILES string of the molecule is CC(C)c1ccccc1P1(=O)CCCCC1. The zero-order valence-electron chi connectivity index (χ0n) is 10.3. The predicted molar refractivity (Wildman–Crippen MR) is 71.4 cm³/mol. The van der Waals surface area contributed by atoms with Crippen LogP contribution in [-0.2, 0) is 4.57 Å². The molecule has 1 heterocycles. The van der Waals surface area contributed by atoms with Gasteiger partial charge in [-0.25, -0.2) is 0 Å². The Kier molecular flexibility index (Phi) is 3.54. The second-order valence-electron chi connectivity index (χ2n) is 5.11. The van der Waals surface area contributed by atoms with Crippen molar-refractivity contribution in [3.8, 4) is 0 Å². The fraction of sp³-hybridized carbons (Fsp3) is 0.571. The van der Waals surface area contributed by atoms with E-state index in [-0.39, 0.29) is 0 Å². The Morgan fingerprint density at radius 1 is 1.06 bits per heavy atom. The highest BCUT2D eigenvalue weighted by atomic mass is 31.2. The van der Waals surface area contributed by atoms with Crippen LogP contribution in [0.25, 0.3) is 0 Å². The molecule has 2 heteroatoms. The van der Waals surface area contributed by atoms with Crippen molar-refractivity contribution in [2.24, 2.45) is 0 Å². The maximum absolute atomic E-state index is 13.0. The molecule has 2 rings (SSSR count). The smallest absolute Gasteiger partial charge is 0.115 e. The van der Waals surface area contributed by atoms with Gasteiger partial charge in [0.15, 0.2) is 0 Å². The fourth-order valence-corrected chi connectivity index (χ4v) is 5.95. The molecule has 1 aromatic carbocycles. The third-order valence-electron chi connectivity index (χ3n) is 3.54. The summed E-state index contributed by atoms with van der Waals surface area (Å²) in [5, 5.41) is 1.17. The molecule has 0 N–H and O–H groups in total. The molecule has 0 saturated carbocycles. The summed E-state index contributed by atoms with van der Waals surface area (Å²) in [7, 11) is -2.06. The van der Waals surface area contributed by atoms with E-state index in [1.54, 1.807) is 0 Å².